The molecule has 2 N–H and O–H groups in total. The molecule has 24 heavy (non-hydrogen) atoms. The molecule has 0 aliphatic heterocycles. The SMILES string of the molecule is CCc1nc(NCCCO)c2nnn(Cc3ccccc3F)c2n1. The molecule has 0 fully saturated rings. The van der Waals surface area contributed by atoms with Crippen molar-refractivity contribution in [2.75, 3.05) is 18.5 Å². The third kappa shape index (κ3) is 3.33. The molecule has 0 spiro atoms. The molecule has 3 aromatic rings. The smallest absolute Gasteiger partial charge is 0.184 e. The van der Waals surface area contributed by atoms with Crippen LogP contribution in [0.2, 0.25) is 0 Å². The Morgan fingerprint density at radius 1 is 1.25 bits per heavy atom. The summed E-state index contributed by atoms with van der Waals surface area (Å²) in [4.78, 5) is 8.92. The van der Waals surface area contributed by atoms with Gasteiger partial charge in [-0.1, -0.05) is 30.3 Å². The van der Waals surface area contributed by atoms with Gasteiger partial charge in [0.2, 0.25) is 0 Å². The molecule has 0 amide bonds. The molecule has 0 saturated carbocycles. The van der Waals surface area contributed by atoms with Gasteiger partial charge >= 0.3 is 0 Å². The van der Waals surface area contributed by atoms with Crippen molar-refractivity contribution in [3.05, 3.63) is 41.5 Å². The number of nitrogens with one attached hydrogen (secondary N) is 1. The Morgan fingerprint density at radius 3 is 2.83 bits per heavy atom. The lowest BCUT2D eigenvalue weighted by molar-refractivity contribution is 0.292. The van der Waals surface area contributed by atoms with E-state index in [2.05, 4.69) is 25.6 Å². The second-order valence-electron chi connectivity index (χ2n) is 5.36. The van der Waals surface area contributed by atoms with E-state index in [1.165, 1.54) is 6.07 Å². The van der Waals surface area contributed by atoms with Gasteiger partial charge in [-0.05, 0) is 12.5 Å². The van der Waals surface area contributed by atoms with Gasteiger partial charge in [0.15, 0.2) is 17.0 Å². The fourth-order valence-corrected chi connectivity index (χ4v) is 2.36. The first kappa shape index (κ1) is 16.3. The highest BCUT2D eigenvalue weighted by Crippen LogP contribution is 2.19. The molecule has 1 aromatic carbocycles. The summed E-state index contributed by atoms with van der Waals surface area (Å²) in [5, 5.41) is 20.3. The quantitative estimate of drug-likeness (QED) is 0.642. The van der Waals surface area contributed by atoms with Gasteiger partial charge in [-0.3, -0.25) is 0 Å². The summed E-state index contributed by atoms with van der Waals surface area (Å²) in [6.07, 6.45) is 1.27. The maximum atomic E-state index is 13.9. The minimum absolute atomic E-state index is 0.0990. The zero-order chi connectivity index (χ0) is 16.9. The molecule has 0 radical (unpaired) electrons. The van der Waals surface area contributed by atoms with Crippen molar-refractivity contribution in [3.63, 3.8) is 0 Å². The van der Waals surface area contributed by atoms with Gasteiger partial charge in [-0.25, -0.2) is 19.0 Å². The van der Waals surface area contributed by atoms with Gasteiger partial charge in [0.05, 0.1) is 6.54 Å². The van der Waals surface area contributed by atoms with Crippen LogP contribution >= 0.6 is 0 Å². The van der Waals surface area contributed by atoms with Crippen molar-refractivity contribution >= 4 is 17.0 Å². The molecular weight excluding hydrogens is 311 g/mol. The van der Waals surface area contributed by atoms with Crippen LogP contribution in [-0.2, 0) is 13.0 Å². The van der Waals surface area contributed by atoms with E-state index in [9.17, 15) is 4.39 Å². The maximum absolute atomic E-state index is 13.9. The number of aryl methyl sites for hydroxylation is 1. The second kappa shape index (κ2) is 7.31. The normalized spacial score (nSPS) is 11.1. The fourth-order valence-electron chi connectivity index (χ4n) is 2.36. The zero-order valence-corrected chi connectivity index (χ0v) is 13.4. The second-order valence-corrected chi connectivity index (χ2v) is 5.36. The molecule has 2 aromatic heterocycles. The average molecular weight is 330 g/mol. The first-order valence-corrected chi connectivity index (χ1v) is 7.91. The summed E-state index contributed by atoms with van der Waals surface area (Å²) in [7, 11) is 0. The van der Waals surface area contributed by atoms with Crippen LogP contribution in [0.5, 0.6) is 0 Å². The van der Waals surface area contributed by atoms with Crippen molar-refractivity contribution in [2.45, 2.75) is 26.3 Å². The summed E-state index contributed by atoms with van der Waals surface area (Å²) in [5.74, 6) is 0.961. The fraction of sp³-hybridized carbons (Fsp3) is 0.375. The molecule has 0 unspecified atom stereocenters. The molecule has 0 aliphatic carbocycles. The van der Waals surface area contributed by atoms with Crippen LogP contribution in [0, 0.1) is 5.82 Å². The van der Waals surface area contributed by atoms with Gasteiger partial charge in [0.25, 0.3) is 0 Å². The first-order chi connectivity index (χ1) is 11.7. The molecule has 0 saturated heterocycles. The minimum atomic E-state index is -0.285. The summed E-state index contributed by atoms with van der Waals surface area (Å²) in [6.45, 7) is 2.89. The van der Waals surface area contributed by atoms with Crippen molar-refractivity contribution in [2.24, 2.45) is 0 Å². The van der Waals surface area contributed by atoms with Crippen molar-refractivity contribution in [1.29, 1.82) is 0 Å². The summed E-state index contributed by atoms with van der Waals surface area (Å²) < 4.78 is 15.5. The molecule has 3 rings (SSSR count). The highest BCUT2D eigenvalue weighted by molar-refractivity contribution is 5.82. The maximum Gasteiger partial charge on any atom is 0.184 e. The predicted molar refractivity (Wildman–Crippen MR) is 88.2 cm³/mol. The Morgan fingerprint density at radius 2 is 2.08 bits per heavy atom. The van der Waals surface area contributed by atoms with E-state index in [-0.39, 0.29) is 19.0 Å². The van der Waals surface area contributed by atoms with E-state index < -0.39 is 0 Å². The minimum Gasteiger partial charge on any atom is -0.396 e. The molecule has 0 bridgehead atoms. The van der Waals surface area contributed by atoms with Gasteiger partial charge in [0.1, 0.15) is 11.6 Å². The van der Waals surface area contributed by atoms with Crippen LogP contribution in [0.1, 0.15) is 24.7 Å². The van der Waals surface area contributed by atoms with Crippen LogP contribution < -0.4 is 5.32 Å². The molecular formula is C16H19FN6O. The number of nitrogens with zero attached hydrogens (tertiary/aromatic N) is 5. The molecule has 7 nitrogen and oxygen atoms in total. The number of rotatable bonds is 7. The number of halogens is 1. The lowest BCUT2D eigenvalue weighted by atomic mass is 10.2. The van der Waals surface area contributed by atoms with Gasteiger partial charge in [-0.15, -0.1) is 5.10 Å². The van der Waals surface area contributed by atoms with Crippen LogP contribution in [0.25, 0.3) is 11.2 Å². The van der Waals surface area contributed by atoms with E-state index in [1.54, 1.807) is 22.9 Å². The number of hydrogen-bond acceptors (Lipinski definition) is 6. The molecule has 2 heterocycles. The first-order valence-electron chi connectivity index (χ1n) is 7.91. The van der Waals surface area contributed by atoms with Crippen LogP contribution in [0.4, 0.5) is 10.2 Å². The highest BCUT2D eigenvalue weighted by Gasteiger charge is 2.15. The number of fused-ring (bicyclic) bond motifs is 1. The summed E-state index contributed by atoms with van der Waals surface area (Å²) >= 11 is 0. The van der Waals surface area contributed by atoms with Gasteiger partial charge in [-0.2, -0.15) is 0 Å². The van der Waals surface area contributed by atoms with E-state index in [4.69, 9.17) is 5.11 Å². The number of aliphatic hydroxyl groups excluding tert-OH is 1. The largest absolute Gasteiger partial charge is 0.396 e. The monoisotopic (exact) mass is 330 g/mol. The van der Waals surface area contributed by atoms with Crippen LogP contribution in [-0.4, -0.2) is 43.2 Å². The Kier molecular flexibility index (Phi) is 4.95. The number of benzene rings is 1. The Labute approximate surface area is 138 Å². The molecule has 0 aliphatic rings. The third-order valence-electron chi connectivity index (χ3n) is 3.63. The van der Waals surface area contributed by atoms with Gasteiger partial charge < -0.3 is 10.4 Å². The molecule has 8 heteroatoms. The van der Waals surface area contributed by atoms with E-state index >= 15 is 0 Å². The van der Waals surface area contributed by atoms with E-state index in [0.29, 0.717) is 47.8 Å². The Balaban J connectivity index is 1.98. The Bertz CT molecular complexity index is 835. The zero-order valence-electron chi connectivity index (χ0n) is 13.4. The molecule has 126 valence electrons. The van der Waals surface area contributed by atoms with Crippen LogP contribution in [0.15, 0.2) is 24.3 Å². The number of anilines is 1. The average Bonchev–Trinajstić information content (AvgIpc) is 3.00. The topological polar surface area (TPSA) is 88.8 Å². The lowest BCUT2D eigenvalue weighted by Crippen LogP contribution is -2.09. The number of aromatic nitrogens is 5. The van der Waals surface area contributed by atoms with E-state index in [0.717, 1.165) is 0 Å². The molecule has 0 atom stereocenters. The Hall–Kier alpha value is -2.61. The van der Waals surface area contributed by atoms with E-state index in [1.807, 2.05) is 6.92 Å². The predicted octanol–water partition coefficient (Wildman–Crippen LogP) is 1.77. The summed E-state index contributed by atoms with van der Waals surface area (Å²) in [6, 6.07) is 6.57. The lowest BCUT2D eigenvalue weighted by Gasteiger charge is -2.08. The standard InChI is InChI=1S/C16H19FN6O/c1-2-13-19-15(18-8-5-9-24)14-16(20-13)23(22-21-14)10-11-6-3-4-7-12(11)17/h3-4,6-7,24H,2,5,8-10H2,1H3,(H,18,19,20). The number of hydrogen-bond donors (Lipinski definition) is 2. The van der Waals surface area contributed by atoms with Gasteiger partial charge in [0, 0.05) is 25.1 Å². The summed E-state index contributed by atoms with van der Waals surface area (Å²) in [5.41, 5.74) is 1.63. The van der Waals surface area contributed by atoms with Crippen molar-refractivity contribution in [3.8, 4) is 0 Å². The highest BCUT2D eigenvalue weighted by atomic mass is 19.1. The van der Waals surface area contributed by atoms with Crippen LogP contribution in [0.3, 0.4) is 0 Å². The number of aliphatic hydroxyl groups is 1. The van der Waals surface area contributed by atoms with Crippen molar-refractivity contribution in [1.82, 2.24) is 25.0 Å². The third-order valence-corrected chi connectivity index (χ3v) is 3.63. The van der Waals surface area contributed by atoms with Crippen molar-refractivity contribution < 1.29 is 9.50 Å².